The predicted octanol–water partition coefficient (Wildman–Crippen LogP) is 5.84. The number of halogens is 3. The van der Waals surface area contributed by atoms with Gasteiger partial charge in [0, 0.05) is 9.26 Å². The normalized spacial score (nSPS) is 10.8. The third-order valence-electron chi connectivity index (χ3n) is 3.76. The fraction of sp³-hybridized carbons (Fsp3) is 0.111. The molecule has 0 saturated heterocycles. The highest BCUT2D eigenvalue weighted by molar-refractivity contribution is 14.1. The van der Waals surface area contributed by atoms with Crippen molar-refractivity contribution in [2.24, 2.45) is 0 Å². The molecule has 8 heteroatoms. The minimum atomic E-state index is -1.09. The van der Waals surface area contributed by atoms with Crippen LogP contribution in [0.1, 0.15) is 21.7 Å². The SMILES string of the molecule is Cc1cc(C)n(-c2cc(Nc3ccc(I)cc3Cl)c(C(=O)O)cc2Cl)n1. The Hall–Kier alpha value is -1.77. The number of hydrogen-bond donors (Lipinski definition) is 2. The van der Waals surface area contributed by atoms with E-state index in [1.165, 1.54) is 6.07 Å². The summed E-state index contributed by atoms with van der Waals surface area (Å²) in [5.74, 6) is -1.09. The maximum atomic E-state index is 11.7. The number of carbonyl (C=O) groups is 1. The van der Waals surface area contributed by atoms with Gasteiger partial charge in [-0.15, -0.1) is 0 Å². The van der Waals surface area contributed by atoms with Crippen molar-refractivity contribution in [1.82, 2.24) is 9.78 Å². The molecular formula is C18H14Cl2IN3O2. The van der Waals surface area contributed by atoms with Crippen LogP contribution in [0, 0.1) is 17.4 Å². The van der Waals surface area contributed by atoms with Crippen molar-refractivity contribution >= 4 is 63.1 Å². The number of anilines is 2. The van der Waals surface area contributed by atoms with E-state index in [1.807, 2.05) is 26.0 Å². The van der Waals surface area contributed by atoms with Gasteiger partial charge in [-0.25, -0.2) is 9.48 Å². The van der Waals surface area contributed by atoms with E-state index in [4.69, 9.17) is 23.2 Å². The molecule has 0 aliphatic rings. The second-order valence-electron chi connectivity index (χ2n) is 5.74. The first-order valence-electron chi connectivity index (χ1n) is 7.59. The fourth-order valence-electron chi connectivity index (χ4n) is 2.61. The van der Waals surface area contributed by atoms with Crippen LogP contribution in [0.2, 0.25) is 10.0 Å². The molecule has 0 amide bonds. The van der Waals surface area contributed by atoms with E-state index in [2.05, 4.69) is 33.0 Å². The van der Waals surface area contributed by atoms with Crippen LogP contribution < -0.4 is 5.32 Å². The summed E-state index contributed by atoms with van der Waals surface area (Å²) in [6.07, 6.45) is 0. The number of hydrogen-bond acceptors (Lipinski definition) is 3. The Kier molecular flexibility index (Phi) is 5.45. The molecule has 2 aromatic carbocycles. The van der Waals surface area contributed by atoms with Crippen LogP contribution in [0.15, 0.2) is 36.4 Å². The van der Waals surface area contributed by atoms with Crippen LogP contribution >= 0.6 is 45.8 Å². The van der Waals surface area contributed by atoms with E-state index in [9.17, 15) is 9.90 Å². The number of aromatic carboxylic acids is 1. The summed E-state index contributed by atoms with van der Waals surface area (Å²) >= 11 is 14.8. The Labute approximate surface area is 174 Å². The molecule has 1 heterocycles. The van der Waals surface area contributed by atoms with Crippen LogP contribution in [0.4, 0.5) is 11.4 Å². The summed E-state index contributed by atoms with van der Waals surface area (Å²) in [5.41, 5.74) is 3.37. The van der Waals surface area contributed by atoms with Crippen molar-refractivity contribution in [2.45, 2.75) is 13.8 Å². The molecular weight excluding hydrogens is 488 g/mol. The number of carboxylic acid groups (broad SMARTS) is 1. The van der Waals surface area contributed by atoms with E-state index in [0.717, 1.165) is 15.0 Å². The Morgan fingerprint density at radius 3 is 2.42 bits per heavy atom. The molecule has 0 aliphatic heterocycles. The average molecular weight is 502 g/mol. The van der Waals surface area contributed by atoms with Gasteiger partial charge < -0.3 is 10.4 Å². The first-order chi connectivity index (χ1) is 12.3. The minimum absolute atomic E-state index is 0.0508. The molecule has 134 valence electrons. The van der Waals surface area contributed by atoms with E-state index in [-0.39, 0.29) is 5.56 Å². The maximum Gasteiger partial charge on any atom is 0.337 e. The summed E-state index contributed by atoms with van der Waals surface area (Å²) in [6, 6.07) is 10.5. The van der Waals surface area contributed by atoms with Crippen LogP contribution in [0.5, 0.6) is 0 Å². The molecule has 1 aromatic heterocycles. The van der Waals surface area contributed by atoms with Crippen LogP contribution in [0.3, 0.4) is 0 Å². The zero-order chi connectivity index (χ0) is 19.0. The third-order valence-corrected chi connectivity index (χ3v) is 5.04. The molecule has 26 heavy (non-hydrogen) atoms. The lowest BCUT2D eigenvalue weighted by molar-refractivity contribution is 0.0698. The Balaban J connectivity index is 2.14. The van der Waals surface area contributed by atoms with Gasteiger partial charge in [-0.3, -0.25) is 0 Å². The number of nitrogens with one attached hydrogen (secondary N) is 1. The summed E-state index contributed by atoms with van der Waals surface area (Å²) < 4.78 is 2.67. The molecule has 0 atom stereocenters. The quantitative estimate of drug-likeness (QED) is 0.440. The number of nitrogens with zero attached hydrogens (tertiary/aromatic N) is 2. The average Bonchev–Trinajstić information content (AvgIpc) is 2.89. The number of benzene rings is 2. The first kappa shape index (κ1) is 19.0. The summed E-state index contributed by atoms with van der Waals surface area (Å²) in [5, 5.41) is 17.9. The van der Waals surface area contributed by atoms with Crippen molar-refractivity contribution in [3.05, 3.63) is 67.0 Å². The molecule has 0 bridgehead atoms. The summed E-state index contributed by atoms with van der Waals surface area (Å²) in [4.78, 5) is 11.7. The van der Waals surface area contributed by atoms with Crippen molar-refractivity contribution in [3.63, 3.8) is 0 Å². The second-order valence-corrected chi connectivity index (χ2v) is 7.80. The maximum absolute atomic E-state index is 11.7. The monoisotopic (exact) mass is 501 g/mol. The molecule has 5 nitrogen and oxygen atoms in total. The fourth-order valence-corrected chi connectivity index (χ4v) is 3.76. The topological polar surface area (TPSA) is 67.2 Å². The highest BCUT2D eigenvalue weighted by Crippen LogP contribution is 2.33. The molecule has 3 aromatic rings. The minimum Gasteiger partial charge on any atom is -0.478 e. The zero-order valence-corrected chi connectivity index (χ0v) is 17.5. The smallest absolute Gasteiger partial charge is 0.337 e. The lowest BCUT2D eigenvalue weighted by atomic mass is 10.1. The molecule has 0 radical (unpaired) electrons. The zero-order valence-electron chi connectivity index (χ0n) is 13.8. The van der Waals surface area contributed by atoms with Gasteiger partial charge in [-0.05, 0) is 72.8 Å². The van der Waals surface area contributed by atoms with Gasteiger partial charge in [0.15, 0.2) is 0 Å². The predicted molar refractivity (Wildman–Crippen MR) is 112 cm³/mol. The number of rotatable bonds is 4. The van der Waals surface area contributed by atoms with Crippen LogP contribution in [-0.2, 0) is 0 Å². The van der Waals surface area contributed by atoms with E-state index < -0.39 is 5.97 Å². The summed E-state index contributed by atoms with van der Waals surface area (Å²) in [6.45, 7) is 3.79. The molecule has 0 saturated carbocycles. The largest absolute Gasteiger partial charge is 0.478 e. The summed E-state index contributed by atoms with van der Waals surface area (Å²) in [7, 11) is 0. The van der Waals surface area contributed by atoms with Crippen molar-refractivity contribution in [2.75, 3.05) is 5.32 Å². The van der Waals surface area contributed by atoms with Gasteiger partial charge >= 0.3 is 5.97 Å². The van der Waals surface area contributed by atoms with E-state index in [1.54, 1.807) is 22.9 Å². The first-order valence-corrected chi connectivity index (χ1v) is 9.42. The van der Waals surface area contributed by atoms with Gasteiger partial charge in [0.1, 0.15) is 0 Å². The van der Waals surface area contributed by atoms with E-state index in [0.29, 0.717) is 27.1 Å². The molecule has 0 fully saturated rings. The van der Waals surface area contributed by atoms with Gasteiger partial charge in [0.25, 0.3) is 0 Å². The van der Waals surface area contributed by atoms with Crippen LogP contribution in [0.25, 0.3) is 5.69 Å². The number of carboxylic acids is 1. The Morgan fingerprint density at radius 1 is 1.12 bits per heavy atom. The third kappa shape index (κ3) is 3.82. The lowest BCUT2D eigenvalue weighted by Gasteiger charge is -2.15. The highest BCUT2D eigenvalue weighted by Gasteiger charge is 2.18. The van der Waals surface area contributed by atoms with Crippen molar-refractivity contribution < 1.29 is 9.90 Å². The van der Waals surface area contributed by atoms with Crippen molar-refractivity contribution in [1.29, 1.82) is 0 Å². The molecule has 0 aliphatic carbocycles. The van der Waals surface area contributed by atoms with Gasteiger partial charge in [-0.1, -0.05) is 23.2 Å². The Bertz CT molecular complexity index is 1020. The molecule has 0 spiro atoms. The standard InChI is InChI=1S/C18H14Cl2IN3O2/c1-9-5-10(2)24(23-9)17-8-16(12(18(25)26)7-14(17)20)22-15-4-3-11(21)6-13(15)19/h3-8,22H,1-2H3,(H,25,26). The molecule has 3 rings (SSSR count). The molecule has 2 N–H and O–H groups in total. The lowest BCUT2D eigenvalue weighted by Crippen LogP contribution is -2.07. The van der Waals surface area contributed by atoms with Crippen LogP contribution in [-0.4, -0.2) is 20.9 Å². The number of aryl methyl sites for hydroxylation is 2. The van der Waals surface area contributed by atoms with E-state index >= 15 is 0 Å². The second kappa shape index (κ2) is 7.46. The van der Waals surface area contributed by atoms with Gasteiger partial charge in [0.05, 0.1) is 38.4 Å². The van der Waals surface area contributed by atoms with Gasteiger partial charge in [-0.2, -0.15) is 5.10 Å². The molecule has 0 unspecified atom stereocenters. The number of aromatic nitrogens is 2. The highest BCUT2D eigenvalue weighted by atomic mass is 127. The van der Waals surface area contributed by atoms with Crippen molar-refractivity contribution in [3.8, 4) is 5.69 Å². The van der Waals surface area contributed by atoms with Gasteiger partial charge in [0.2, 0.25) is 0 Å². The Morgan fingerprint density at radius 2 is 1.85 bits per heavy atom.